The molecule has 1 atom stereocenters. The highest BCUT2D eigenvalue weighted by molar-refractivity contribution is 7.64. The Morgan fingerprint density at radius 2 is 2.00 bits per heavy atom. The Kier molecular flexibility index (Phi) is 3.79. The van der Waals surface area contributed by atoms with Crippen LogP contribution in [-0.4, -0.2) is 41.1 Å². The van der Waals surface area contributed by atoms with Crippen molar-refractivity contribution in [3.05, 3.63) is 24.3 Å². The Bertz CT molecular complexity index is 410. The van der Waals surface area contributed by atoms with E-state index in [1.165, 1.54) is 6.04 Å². The van der Waals surface area contributed by atoms with Crippen LogP contribution in [0, 0.1) is 0 Å². The van der Waals surface area contributed by atoms with E-state index in [0.29, 0.717) is 0 Å². The van der Waals surface area contributed by atoms with Crippen molar-refractivity contribution in [2.24, 2.45) is 0 Å². The van der Waals surface area contributed by atoms with Gasteiger partial charge in [-0.05, 0) is 17.3 Å². The summed E-state index contributed by atoms with van der Waals surface area (Å²) in [4.78, 5) is 0. The normalized spacial score (nSPS) is 29.4. The molecule has 1 heterocycles. The molecule has 0 bridgehead atoms. The molecule has 0 N–H and O–H groups in total. The second kappa shape index (κ2) is 4.85. The van der Waals surface area contributed by atoms with E-state index in [-0.39, 0.29) is 9.28 Å². The van der Waals surface area contributed by atoms with Gasteiger partial charge in [-0.1, -0.05) is 37.8 Å². The molecule has 1 unspecified atom stereocenters. The molecular formula is C11H22O2Si4. The van der Waals surface area contributed by atoms with Gasteiger partial charge in [0.25, 0.3) is 0 Å². The van der Waals surface area contributed by atoms with E-state index in [0.717, 1.165) is 22.8 Å². The maximum atomic E-state index is 5.97. The SMILES string of the molecule is C[Si]1(C)CCO[SiH2][Si]1(C)c1ccccc1O[SiH3]. The maximum absolute atomic E-state index is 5.97. The van der Waals surface area contributed by atoms with Gasteiger partial charge >= 0.3 is 0 Å². The van der Waals surface area contributed by atoms with Gasteiger partial charge in [0.2, 0.25) is 10.5 Å². The first kappa shape index (κ1) is 13.3. The molecule has 1 saturated heterocycles. The van der Waals surface area contributed by atoms with Gasteiger partial charge in [-0.25, -0.2) is 0 Å². The summed E-state index contributed by atoms with van der Waals surface area (Å²) in [5.74, 6) is 1.16. The Labute approximate surface area is 111 Å². The van der Waals surface area contributed by atoms with Crippen molar-refractivity contribution in [2.45, 2.75) is 25.7 Å². The summed E-state index contributed by atoms with van der Waals surface area (Å²) in [5, 5.41) is 1.55. The number of para-hydroxylation sites is 1. The first-order valence-corrected chi connectivity index (χ1v) is 16.7. The fraction of sp³-hybridized carbons (Fsp3) is 0.455. The molecule has 1 aliphatic heterocycles. The van der Waals surface area contributed by atoms with Gasteiger partial charge in [0.05, 0.1) is 7.11 Å². The summed E-state index contributed by atoms with van der Waals surface area (Å²) in [6, 6.07) is 10.1. The maximum Gasteiger partial charge on any atom is 0.204 e. The van der Waals surface area contributed by atoms with Crippen LogP contribution in [0.1, 0.15) is 0 Å². The summed E-state index contributed by atoms with van der Waals surface area (Å²) in [6.45, 7) is 8.72. The van der Waals surface area contributed by atoms with Crippen molar-refractivity contribution in [1.82, 2.24) is 0 Å². The topological polar surface area (TPSA) is 18.5 Å². The third-order valence-corrected chi connectivity index (χ3v) is 35.9. The zero-order chi connectivity index (χ0) is 12.5. The van der Waals surface area contributed by atoms with Crippen LogP contribution in [0.3, 0.4) is 0 Å². The Balaban J connectivity index is 2.49. The van der Waals surface area contributed by atoms with Gasteiger partial charge in [0.1, 0.15) is 5.75 Å². The van der Waals surface area contributed by atoms with Crippen molar-refractivity contribution in [1.29, 1.82) is 0 Å². The molecule has 0 saturated carbocycles. The van der Waals surface area contributed by atoms with E-state index >= 15 is 0 Å². The standard InChI is InChI=1S/C11H22O2Si4/c1-16(2)9-8-12-15-17(16,3)11-7-5-4-6-10(11)13-14/h4-7H,8-9,15H2,1-3,14H3. The second-order valence-corrected chi connectivity index (χ2v) is 28.9. The van der Waals surface area contributed by atoms with Gasteiger partial charge in [0, 0.05) is 14.2 Å². The van der Waals surface area contributed by atoms with Crippen molar-refractivity contribution in [3.8, 4) is 5.75 Å². The molecule has 0 aliphatic carbocycles. The molecule has 0 aromatic heterocycles. The number of hydrogen-bond acceptors (Lipinski definition) is 2. The summed E-state index contributed by atoms with van der Waals surface area (Å²) in [5.41, 5.74) is 0. The van der Waals surface area contributed by atoms with Crippen LogP contribution in [0.5, 0.6) is 5.75 Å². The molecule has 2 nitrogen and oxygen atoms in total. The first-order chi connectivity index (χ1) is 8.01. The molecule has 1 aliphatic rings. The van der Waals surface area contributed by atoms with E-state index < -0.39 is 14.7 Å². The second-order valence-electron chi connectivity index (χ2n) is 5.72. The fourth-order valence-corrected chi connectivity index (χ4v) is 22.8. The lowest BCUT2D eigenvalue weighted by Crippen LogP contribution is -2.72. The Hall–Kier alpha value is -0.152. The van der Waals surface area contributed by atoms with E-state index in [2.05, 4.69) is 43.9 Å². The first-order valence-electron chi connectivity index (χ1n) is 6.22. The summed E-state index contributed by atoms with van der Waals surface area (Å²) < 4.78 is 11.7. The Morgan fingerprint density at radius 3 is 2.65 bits per heavy atom. The van der Waals surface area contributed by atoms with E-state index in [1.54, 1.807) is 5.19 Å². The predicted octanol–water partition coefficient (Wildman–Crippen LogP) is 0.0289. The molecule has 2 rings (SSSR count). The summed E-state index contributed by atoms with van der Waals surface area (Å²) in [7, 11) is -2.07. The lowest BCUT2D eigenvalue weighted by atomic mass is 10.3. The minimum absolute atomic E-state index is 0.371. The highest BCUT2D eigenvalue weighted by Crippen LogP contribution is 2.28. The molecule has 17 heavy (non-hydrogen) atoms. The van der Waals surface area contributed by atoms with Crippen molar-refractivity contribution in [3.63, 3.8) is 0 Å². The highest BCUT2D eigenvalue weighted by atomic mass is 29.6. The molecule has 1 aromatic rings. The van der Waals surface area contributed by atoms with Gasteiger partial charge in [-0.2, -0.15) is 0 Å². The minimum atomic E-state index is -1.35. The Morgan fingerprint density at radius 1 is 1.29 bits per heavy atom. The average Bonchev–Trinajstić information content (AvgIpc) is 2.33. The van der Waals surface area contributed by atoms with E-state index in [1.807, 2.05) is 0 Å². The summed E-state index contributed by atoms with van der Waals surface area (Å²) in [6.07, 6.45) is 0. The zero-order valence-corrected chi connectivity index (χ0v) is 16.7. The van der Waals surface area contributed by atoms with Crippen LogP contribution in [0.2, 0.25) is 25.7 Å². The number of hydrogen-bond donors (Lipinski definition) is 0. The largest absolute Gasteiger partial charge is 0.553 e. The molecule has 1 aromatic carbocycles. The van der Waals surface area contributed by atoms with E-state index in [9.17, 15) is 0 Å². The van der Waals surface area contributed by atoms with Crippen LogP contribution < -0.4 is 9.61 Å². The van der Waals surface area contributed by atoms with E-state index in [4.69, 9.17) is 8.85 Å². The van der Waals surface area contributed by atoms with Crippen molar-refractivity contribution >= 4 is 39.7 Å². The predicted molar refractivity (Wildman–Crippen MR) is 85.0 cm³/mol. The molecule has 0 radical (unpaired) electrons. The molecule has 94 valence electrons. The smallest absolute Gasteiger partial charge is 0.204 e. The molecule has 0 amide bonds. The minimum Gasteiger partial charge on any atom is -0.553 e. The van der Waals surface area contributed by atoms with Gasteiger partial charge in [0.15, 0.2) is 9.28 Å². The van der Waals surface area contributed by atoms with Gasteiger partial charge < -0.3 is 8.85 Å². The summed E-state index contributed by atoms with van der Waals surface area (Å²) >= 11 is 0. The van der Waals surface area contributed by atoms with Gasteiger partial charge in [-0.15, -0.1) is 0 Å². The molecule has 0 spiro atoms. The van der Waals surface area contributed by atoms with Crippen molar-refractivity contribution < 1.29 is 8.85 Å². The number of benzene rings is 1. The third-order valence-electron chi connectivity index (χ3n) is 4.46. The van der Waals surface area contributed by atoms with Crippen LogP contribution in [0.15, 0.2) is 24.3 Å². The molecule has 6 heteroatoms. The molecular weight excluding hydrogens is 276 g/mol. The van der Waals surface area contributed by atoms with Crippen molar-refractivity contribution in [2.75, 3.05) is 6.61 Å². The quantitative estimate of drug-likeness (QED) is 0.717. The highest BCUT2D eigenvalue weighted by Gasteiger charge is 2.50. The lowest BCUT2D eigenvalue weighted by molar-refractivity contribution is 0.364. The van der Waals surface area contributed by atoms with Crippen LogP contribution in [-0.2, 0) is 4.43 Å². The van der Waals surface area contributed by atoms with Gasteiger partial charge in [-0.3, -0.25) is 0 Å². The van der Waals surface area contributed by atoms with Crippen LogP contribution in [0.4, 0.5) is 0 Å². The van der Waals surface area contributed by atoms with Crippen LogP contribution in [0.25, 0.3) is 0 Å². The molecule has 1 fully saturated rings. The fourth-order valence-electron chi connectivity index (χ4n) is 2.62. The number of rotatable bonds is 2. The monoisotopic (exact) mass is 298 g/mol. The third kappa shape index (κ3) is 2.24. The average molecular weight is 299 g/mol. The zero-order valence-electron chi connectivity index (χ0n) is 11.2. The van der Waals surface area contributed by atoms with Crippen LogP contribution >= 0.6 is 0 Å². The lowest BCUT2D eigenvalue weighted by Gasteiger charge is -2.45.